The fourth-order valence-corrected chi connectivity index (χ4v) is 12.0. The van der Waals surface area contributed by atoms with Crippen molar-refractivity contribution < 1.29 is 81.7 Å². The second-order valence-electron chi connectivity index (χ2n) is 16.7. The highest BCUT2D eigenvalue weighted by molar-refractivity contribution is 5.85. The number of ether oxygens (including phenoxy) is 8. The Morgan fingerprint density at radius 3 is 1.95 bits per heavy atom. The molecule has 6 rings (SSSR count). The van der Waals surface area contributed by atoms with Crippen LogP contribution in [0.1, 0.15) is 106 Å². The molecule has 0 bridgehead atoms. The number of hydrogen-bond acceptors (Lipinski definition) is 17. The predicted molar refractivity (Wildman–Crippen MR) is 185 cm³/mol. The molecule has 56 heavy (non-hydrogen) atoms. The van der Waals surface area contributed by atoms with E-state index in [0.717, 1.165) is 20.8 Å². The molecule has 0 unspecified atom stereocenters. The van der Waals surface area contributed by atoms with E-state index in [2.05, 4.69) is 0 Å². The number of esters is 6. The van der Waals surface area contributed by atoms with E-state index >= 15 is 0 Å². The maximum atomic E-state index is 13.2. The summed E-state index contributed by atoms with van der Waals surface area (Å²) in [5.74, 6) is -6.26. The number of ketones is 1. The smallest absolute Gasteiger partial charge is 0.303 e. The Kier molecular flexibility index (Phi) is 11.4. The van der Waals surface area contributed by atoms with Crippen molar-refractivity contribution in [1.29, 1.82) is 0 Å². The van der Waals surface area contributed by atoms with Crippen LogP contribution in [-0.4, -0.2) is 119 Å². The summed E-state index contributed by atoms with van der Waals surface area (Å²) in [5, 5.41) is 26.1. The standard InChI is InChI=1S/C39H54O17/c1-18-32(53-22(5)43)33(54-23(6)44)34(55-24(7)45)35(50-18)56-25-14-30(52-21(4)42)38(17-49-19(2)40)31-27(8-12-37(38,47)15-25)39(48)13-9-26-28(46)10-11-36(26,39)16-29(31)51-20(3)41/h18,25-27,29-35,47-48H,8-17H2,1-7H3/t18-,25-,26+,27+,29+,30+,31+,32-,33+,34+,35-,36+,37-,38+,39-/m0/s1. The lowest BCUT2D eigenvalue weighted by molar-refractivity contribution is -0.344. The van der Waals surface area contributed by atoms with Crippen LogP contribution in [0.4, 0.5) is 0 Å². The van der Waals surface area contributed by atoms with E-state index < -0.39 is 131 Å². The molecule has 0 aromatic carbocycles. The molecule has 17 nitrogen and oxygen atoms in total. The number of fused-ring (bicyclic) bond motifs is 4. The Morgan fingerprint density at radius 1 is 0.732 bits per heavy atom. The summed E-state index contributed by atoms with van der Waals surface area (Å²) >= 11 is 0. The first-order valence-corrected chi connectivity index (χ1v) is 19.5. The largest absolute Gasteiger partial charge is 0.465 e. The molecule has 1 heterocycles. The highest BCUT2D eigenvalue weighted by Crippen LogP contribution is 2.73. The van der Waals surface area contributed by atoms with Gasteiger partial charge in [-0.15, -0.1) is 0 Å². The minimum absolute atomic E-state index is 0.00322. The van der Waals surface area contributed by atoms with Gasteiger partial charge in [0.2, 0.25) is 0 Å². The van der Waals surface area contributed by atoms with Crippen molar-refractivity contribution in [3.8, 4) is 0 Å². The third-order valence-corrected chi connectivity index (χ3v) is 13.6. The topological polar surface area (TPSA) is 234 Å². The van der Waals surface area contributed by atoms with Crippen molar-refractivity contribution in [3.63, 3.8) is 0 Å². The monoisotopic (exact) mass is 794 g/mol. The molecular weight excluding hydrogens is 740 g/mol. The van der Waals surface area contributed by atoms with E-state index in [-0.39, 0.29) is 44.3 Å². The van der Waals surface area contributed by atoms with Gasteiger partial charge < -0.3 is 48.1 Å². The first-order chi connectivity index (χ1) is 26.2. The van der Waals surface area contributed by atoms with Crippen molar-refractivity contribution in [2.24, 2.45) is 28.6 Å². The zero-order valence-electron chi connectivity index (χ0n) is 32.9. The molecule has 0 aromatic heterocycles. The number of aliphatic hydroxyl groups is 2. The third kappa shape index (κ3) is 6.99. The lowest BCUT2D eigenvalue weighted by atomic mass is 9.40. The van der Waals surface area contributed by atoms with Crippen molar-refractivity contribution >= 4 is 41.6 Å². The van der Waals surface area contributed by atoms with Crippen LogP contribution in [0.5, 0.6) is 0 Å². The maximum Gasteiger partial charge on any atom is 0.303 e. The molecule has 15 atom stereocenters. The van der Waals surface area contributed by atoms with Crippen molar-refractivity contribution in [3.05, 3.63) is 0 Å². The average Bonchev–Trinajstić information content (AvgIpc) is 3.55. The predicted octanol–water partition coefficient (Wildman–Crippen LogP) is 1.77. The highest BCUT2D eigenvalue weighted by atomic mass is 16.7. The van der Waals surface area contributed by atoms with Gasteiger partial charge in [0.25, 0.3) is 0 Å². The van der Waals surface area contributed by atoms with Gasteiger partial charge in [0.15, 0.2) is 24.6 Å². The molecule has 312 valence electrons. The first kappa shape index (κ1) is 41.9. The summed E-state index contributed by atoms with van der Waals surface area (Å²) in [5.41, 5.74) is -5.81. The van der Waals surface area contributed by atoms with E-state index in [0.29, 0.717) is 19.3 Å². The second kappa shape index (κ2) is 15.3. The van der Waals surface area contributed by atoms with Crippen LogP contribution in [0.3, 0.4) is 0 Å². The van der Waals surface area contributed by atoms with Gasteiger partial charge in [0.1, 0.15) is 24.6 Å². The van der Waals surface area contributed by atoms with Gasteiger partial charge in [0, 0.05) is 78.1 Å². The molecule has 6 aliphatic rings. The summed E-state index contributed by atoms with van der Waals surface area (Å²) in [6.45, 7) is 8.12. The Hall–Kier alpha value is -3.67. The van der Waals surface area contributed by atoms with E-state index in [1.54, 1.807) is 6.92 Å². The Bertz CT molecular complexity index is 1630. The van der Waals surface area contributed by atoms with Crippen LogP contribution in [-0.2, 0) is 71.5 Å². The van der Waals surface area contributed by atoms with Gasteiger partial charge in [-0.1, -0.05) is 0 Å². The average molecular weight is 795 g/mol. The van der Waals surface area contributed by atoms with Gasteiger partial charge >= 0.3 is 35.8 Å². The van der Waals surface area contributed by atoms with Gasteiger partial charge in [-0.25, -0.2) is 0 Å². The first-order valence-electron chi connectivity index (χ1n) is 19.5. The number of hydrogen-bond donors (Lipinski definition) is 2. The second-order valence-corrected chi connectivity index (χ2v) is 16.7. The molecule has 0 amide bonds. The van der Waals surface area contributed by atoms with Crippen LogP contribution in [0.25, 0.3) is 0 Å². The highest BCUT2D eigenvalue weighted by Gasteiger charge is 2.79. The number of rotatable bonds is 9. The van der Waals surface area contributed by atoms with E-state index in [9.17, 15) is 43.8 Å². The zero-order valence-corrected chi connectivity index (χ0v) is 32.9. The van der Waals surface area contributed by atoms with Gasteiger partial charge in [-0.2, -0.15) is 0 Å². The van der Waals surface area contributed by atoms with Crippen molar-refractivity contribution in [2.45, 2.75) is 166 Å². The van der Waals surface area contributed by atoms with Gasteiger partial charge in [-0.05, 0) is 51.4 Å². The Morgan fingerprint density at radius 2 is 1.34 bits per heavy atom. The van der Waals surface area contributed by atoms with Crippen molar-refractivity contribution in [1.82, 2.24) is 0 Å². The summed E-state index contributed by atoms with van der Waals surface area (Å²) in [7, 11) is 0. The fraction of sp³-hybridized carbons (Fsp3) is 0.821. The molecule has 2 N–H and O–H groups in total. The Labute approximate surface area is 324 Å². The minimum atomic E-state index is -1.87. The molecule has 1 spiro atoms. The van der Waals surface area contributed by atoms with Crippen LogP contribution in [0.2, 0.25) is 0 Å². The molecular formula is C39H54O17. The molecule has 5 saturated carbocycles. The Balaban J connectivity index is 1.43. The number of Topliss-reactive ketones (excluding diaryl/α,β-unsaturated/α-hetero) is 1. The minimum Gasteiger partial charge on any atom is -0.465 e. The van der Waals surface area contributed by atoms with E-state index in [1.165, 1.54) is 20.8 Å². The third-order valence-electron chi connectivity index (χ3n) is 13.6. The molecule has 6 fully saturated rings. The molecule has 0 aromatic rings. The number of carbonyl (C=O) groups is 7. The fourth-order valence-electron chi connectivity index (χ4n) is 12.0. The van der Waals surface area contributed by atoms with Crippen LogP contribution in [0, 0.1) is 28.6 Å². The lowest BCUT2D eigenvalue weighted by Gasteiger charge is -2.68. The normalized spacial score (nSPS) is 43.8. The molecule has 17 heteroatoms. The van der Waals surface area contributed by atoms with Crippen LogP contribution in [0.15, 0.2) is 0 Å². The SMILES string of the molecule is CC(=O)OC[C@@]12[C@@H]3[C@@H](CC[C@]1(O)C[C@@H](O[C@@H]1O[C@@H](C)[C@H](OC(C)=O)[C@@H](OC(C)=O)[C@H]1OC(C)=O)C[C@H]2OC(C)=O)[C@@]1(O)CC[C@@H]2C(=O)CC[C@@]21C[C@H]3OC(C)=O. The van der Waals surface area contributed by atoms with Crippen molar-refractivity contribution in [2.75, 3.05) is 6.61 Å². The summed E-state index contributed by atoms with van der Waals surface area (Å²) in [4.78, 5) is 88.4. The van der Waals surface area contributed by atoms with E-state index in [1.807, 2.05) is 0 Å². The summed E-state index contributed by atoms with van der Waals surface area (Å²) in [6.07, 6.45) is -8.23. The number of carbonyl (C=O) groups excluding carboxylic acids is 7. The quantitative estimate of drug-likeness (QED) is 0.192. The van der Waals surface area contributed by atoms with Gasteiger partial charge in [-0.3, -0.25) is 33.6 Å². The van der Waals surface area contributed by atoms with Gasteiger partial charge in [0.05, 0.1) is 28.8 Å². The zero-order chi connectivity index (χ0) is 41.1. The molecule has 5 aliphatic carbocycles. The maximum absolute atomic E-state index is 13.2. The van der Waals surface area contributed by atoms with E-state index in [4.69, 9.17) is 37.9 Å². The molecule has 1 saturated heterocycles. The molecule has 1 aliphatic heterocycles. The lowest BCUT2D eigenvalue weighted by Crippen LogP contribution is -2.77. The summed E-state index contributed by atoms with van der Waals surface area (Å²) in [6, 6.07) is 0. The molecule has 0 radical (unpaired) electrons. The summed E-state index contributed by atoms with van der Waals surface area (Å²) < 4.78 is 47.1. The van der Waals surface area contributed by atoms with Crippen LogP contribution < -0.4 is 0 Å². The van der Waals surface area contributed by atoms with Crippen LogP contribution >= 0.6 is 0 Å².